The van der Waals surface area contributed by atoms with Crippen LogP contribution in [0.1, 0.15) is 47.0 Å². The zero-order chi connectivity index (χ0) is 12.4. The van der Waals surface area contributed by atoms with Gasteiger partial charge < -0.3 is 15.7 Å². The second-order valence-electron chi connectivity index (χ2n) is 4.05. The Labute approximate surface area is 123 Å². The Morgan fingerprint density at radius 1 is 1.12 bits per heavy atom. The van der Waals surface area contributed by atoms with Crippen LogP contribution in [-0.4, -0.2) is 36.3 Å². The molecule has 0 aliphatic rings. The first-order valence-corrected chi connectivity index (χ1v) is 6.36. The third-order valence-corrected chi connectivity index (χ3v) is 2.73. The lowest BCUT2D eigenvalue weighted by Crippen LogP contribution is -2.40. The van der Waals surface area contributed by atoms with Crippen LogP contribution in [0.5, 0.6) is 0 Å². The van der Waals surface area contributed by atoms with E-state index < -0.39 is 5.60 Å². The monoisotopic (exact) mass is 357 g/mol. The molecular weight excluding hydrogens is 329 g/mol. The lowest BCUT2D eigenvalue weighted by Gasteiger charge is -2.23. The van der Waals surface area contributed by atoms with Gasteiger partial charge in [0.15, 0.2) is 5.96 Å². The number of nitrogens with one attached hydrogen (secondary N) is 2. The molecule has 0 aromatic heterocycles. The first-order valence-electron chi connectivity index (χ1n) is 6.36. The minimum absolute atomic E-state index is 0. The van der Waals surface area contributed by atoms with E-state index in [1.165, 1.54) is 0 Å². The summed E-state index contributed by atoms with van der Waals surface area (Å²) < 4.78 is 0. The second-order valence-corrected chi connectivity index (χ2v) is 4.05. The van der Waals surface area contributed by atoms with Crippen molar-refractivity contribution in [1.82, 2.24) is 10.6 Å². The molecule has 0 saturated carbocycles. The van der Waals surface area contributed by atoms with Crippen LogP contribution < -0.4 is 10.6 Å². The Balaban J connectivity index is 0. The molecule has 0 unspecified atom stereocenters. The van der Waals surface area contributed by atoms with Crippen LogP contribution in [0.3, 0.4) is 0 Å². The van der Waals surface area contributed by atoms with E-state index in [0.717, 1.165) is 38.3 Å². The highest BCUT2D eigenvalue weighted by Crippen LogP contribution is 2.14. The highest BCUT2D eigenvalue weighted by Gasteiger charge is 2.21. The van der Waals surface area contributed by atoms with Crippen molar-refractivity contribution in [2.75, 3.05) is 19.6 Å². The van der Waals surface area contributed by atoms with Crippen molar-refractivity contribution in [3.63, 3.8) is 0 Å². The molecule has 17 heavy (non-hydrogen) atoms. The van der Waals surface area contributed by atoms with Crippen LogP contribution in [0, 0.1) is 0 Å². The van der Waals surface area contributed by atoms with Crippen molar-refractivity contribution in [3.05, 3.63) is 0 Å². The Bertz CT molecular complexity index is 206. The molecule has 0 aromatic carbocycles. The highest BCUT2D eigenvalue weighted by molar-refractivity contribution is 14.0. The summed E-state index contributed by atoms with van der Waals surface area (Å²) in [5.41, 5.74) is -0.658. The van der Waals surface area contributed by atoms with Crippen LogP contribution in [0.2, 0.25) is 0 Å². The van der Waals surface area contributed by atoms with Gasteiger partial charge in [0, 0.05) is 13.1 Å². The molecule has 0 aliphatic heterocycles. The second kappa shape index (κ2) is 11.1. The standard InChI is InChI=1S/C12H27N3O.HI/c1-5-9-14-11(13-8-4)15-10-12(16,6-2)7-3;/h16H,5-10H2,1-4H3,(H2,13,14,15);1H. The Kier molecular flexibility index (Phi) is 12.6. The molecule has 0 bridgehead atoms. The minimum atomic E-state index is -0.658. The fraction of sp³-hybridized carbons (Fsp3) is 0.917. The molecule has 0 heterocycles. The molecule has 0 rings (SSSR count). The van der Waals surface area contributed by atoms with Crippen LogP contribution in [0.4, 0.5) is 0 Å². The number of nitrogens with zero attached hydrogens (tertiary/aromatic N) is 1. The lowest BCUT2D eigenvalue weighted by molar-refractivity contribution is 0.0418. The van der Waals surface area contributed by atoms with Crippen LogP contribution in [0.25, 0.3) is 0 Å². The van der Waals surface area contributed by atoms with Gasteiger partial charge in [0.25, 0.3) is 0 Å². The van der Waals surface area contributed by atoms with Crippen molar-refractivity contribution >= 4 is 29.9 Å². The van der Waals surface area contributed by atoms with Crippen molar-refractivity contribution < 1.29 is 5.11 Å². The average Bonchev–Trinajstić information content (AvgIpc) is 2.32. The van der Waals surface area contributed by atoms with Gasteiger partial charge in [-0.2, -0.15) is 0 Å². The van der Waals surface area contributed by atoms with Gasteiger partial charge in [-0.15, -0.1) is 24.0 Å². The summed E-state index contributed by atoms with van der Waals surface area (Å²) in [5, 5.41) is 16.5. The van der Waals surface area contributed by atoms with Gasteiger partial charge in [0.2, 0.25) is 0 Å². The first-order chi connectivity index (χ1) is 7.61. The first kappa shape index (κ1) is 19.3. The molecule has 0 saturated heterocycles. The van der Waals surface area contributed by atoms with Crippen molar-refractivity contribution in [2.24, 2.45) is 4.99 Å². The SMILES string of the molecule is CCCNC(=NCC(O)(CC)CC)NCC.I. The summed E-state index contributed by atoms with van der Waals surface area (Å²) in [6.45, 7) is 10.3. The third-order valence-electron chi connectivity index (χ3n) is 2.73. The maximum atomic E-state index is 10.1. The van der Waals surface area contributed by atoms with Gasteiger partial charge in [0.05, 0.1) is 12.1 Å². The van der Waals surface area contributed by atoms with E-state index in [4.69, 9.17) is 0 Å². The molecule has 0 aromatic rings. The molecule has 104 valence electrons. The topological polar surface area (TPSA) is 56.7 Å². The molecule has 0 atom stereocenters. The minimum Gasteiger partial charge on any atom is -0.388 e. The highest BCUT2D eigenvalue weighted by atomic mass is 127. The summed E-state index contributed by atoms with van der Waals surface area (Å²) in [6, 6.07) is 0. The zero-order valence-electron chi connectivity index (χ0n) is 11.5. The van der Waals surface area contributed by atoms with Crippen molar-refractivity contribution in [3.8, 4) is 0 Å². The predicted octanol–water partition coefficient (Wildman–Crippen LogP) is 2.12. The van der Waals surface area contributed by atoms with E-state index in [1.807, 2.05) is 20.8 Å². The number of hydrogen-bond acceptors (Lipinski definition) is 2. The Hall–Kier alpha value is -0.0400. The van der Waals surface area contributed by atoms with Gasteiger partial charge >= 0.3 is 0 Å². The molecule has 5 heteroatoms. The molecule has 4 nitrogen and oxygen atoms in total. The number of aliphatic imine (C=N–C) groups is 1. The molecular formula is C12H28IN3O. The average molecular weight is 357 g/mol. The fourth-order valence-electron chi connectivity index (χ4n) is 1.28. The van der Waals surface area contributed by atoms with Crippen LogP contribution in [-0.2, 0) is 0 Å². The van der Waals surface area contributed by atoms with E-state index in [9.17, 15) is 5.11 Å². The number of guanidine groups is 1. The maximum absolute atomic E-state index is 10.1. The lowest BCUT2D eigenvalue weighted by atomic mass is 9.98. The normalized spacial score (nSPS) is 11.9. The molecule has 0 fully saturated rings. The third kappa shape index (κ3) is 8.65. The molecule has 0 spiro atoms. The van der Waals surface area contributed by atoms with Crippen LogP contribution >= 0.6 is 24.0 Å². The smallest absolute Gasteiger partial charge is 0.191 e. The number of rotatable bonds is 7. The van der Waals surface area contributed by atoms with Gasteiger partial charge in [-0.3, -0.25) is 4.99 Å². The molecule has 0 amide bonds. The van der Waals surface area contributed by atoms with Crippen molar-refractivity contribution in [1.29, 1.82) is 0 Å². The summed E-state index contributed by atoms with van der Waals surface area (Å²) in [5.74, 6) is 0.796. The van der Waals surface area contributed by atoms with Crippen molar-refractivity contribution in [2.45, 2.75) is 52.6 Å². The summed E-state index contributed by atoms with van der Waals surface area (Å²) in [4.78, 5) is 4.41. The molecule has 3 N–H and O–H groups in total. The van der Waals surface area contributed by atoms with E-state index in [0.29, 0.717) is 6.54 Å². The van der Waals surface area contributed by atoms with E-state index in [2.05, 4.69) is 22.5 Å². The summed E-state index contributed by atoms with van der Waals surface area (Å²) in [7, 11) is 0. The van der Waals surface area contributed by atoms with Crippen LogP contribution in [0.15, 0.2) is 4.99 Å². The van der Waals surface area contributed by atoms with E-state index in [1.54, 1.807) is 0 Å². The molecule has 0 radical (unpaired) electrons. The summed E-state index contributed by atoms with van der Waals surface area (Å²) in [6.07, 6.45) is 2.54. The maximum Gasteiger partial charge on any atom is 0.191 e. The van der Waals surface area contributed by atoms with Gasteiger partial charge in [-0.25, -0.2) is 0 Å². The van der Waals surface area contributed by atoms with Gasteiger partial charge in [-0.05, 0) is 26.2 Å². The quantitative estimate of drug-likeness (QED) is 0.372. The van der Waals surface area contributed by atoms with E-state index >= 15 is 0 Å². The van der Waals surface area contributed by atoms with Gasteiger partial charge in [-0.1, -0.05) is 20.8 Å². The summed E-state index contributed by atoms with van der Waals surface area (Å²) >= 11 is 0. The largest absolute Gasteiger partial charge is 0.388 e. The Morgan fingerprint density at radius 2 is 1.71 bits per heavy atom. The fourth-order valence-corrected chi connectivity index (χ4v) is 1.28. The number of aliphatic hydroxyl groups is 1. The predicted molar refractivity (Wildman–Crippen MR) is 85.2 cm³/mol. The number of hydrogen-bond donors (Lipinski definition) is 3. The molecule has 0 aliphatic carbocycles. The van der Waals surface area contributed by atoms with E-state index in [-0.39, 0.29) is 24.0 Å². The van der Waals surface area contributed by atoms with Gasteiger partial charge in [0.1, 0.15) is 0 Å². The Morgan fingerprint density at radius 3 is 2.12 bits per heavy atom. The number of halogens is 1. The zero-order valence-corrected chi connectivity index (χ0v) is 13.9.